The third kappa shape index (κ3) is 6.25. The van der Waals surface area contributed by atoms with E-state index in [1.165, 1.54) is 25.3 Å². The van der Waals surface area contributed by atoms with Gasteiger partial charge in [-0.2, -0.15) is 0 Å². The number of H-pyrrole nitrogens is 1. The summed E-state index contributed by atoms with van der Waals surface area (Å²) in [6.07, 6.45) is 1.48. The van der Waals surface area contributed by atoms with Gasteiger partial charge in [-0.3, -0.25) is 0 Å². The smallest absolute Gasteiger partial charge is 0.359 e. The maximum Gasteiger partial charge on any atom is 0.359 e. The van der Waals surface area contributed by atoms with Gasteiger partial charge in [-0.25, -0.2) is 32.9 Å². The number of benzene rings is 2. The van der Waals surface area contributed by atoms with E-state index in [2.05, 4.69) is 15.0 Å². The number of halogens is 3. The predicted molar refractivity (Wildman–Crippen MR) is 144 cm³/mol. The van der Waals surface area contributed by atoms with Crippen molar-refractivity contribution in [3.63, 3.8) is 0 Å². The van der Waals surface area contributed by atoms with Crippen LogP contribution < -0.4 is 19.9 Å². The number of aromatic nitrogens is 4. The molecular formula is C27H27ClF2N4O7. The number of rotatable bonds is 12. The minimum absolute atomic E-state index is 0.0187. The van der Waals surface area contributed by atoms with Gasteiger partial charge in [0.15, 0.2) is 34.5 Å². The molecular weight excluding hydrogens is 566 g/mol. The highest BCUT2D eigenvalue weighted by atomic mass is 35.5. The van der Waals surface area contributed by atoms with Gasteiger partial charge in [-0.15, -0.1) is 0 Å². The van der Waals surface area contributed by atoms with E-state index in [9.17, 15) is 23.5 Å². The van der Waals surface area contributed by atoms with Crippen LogP contribution in [0.3, 0.4) is 0 Å². The van der Waals surface area contributed by atoms with E-state index in [0.717, 1.165) is 17.1 Å². The van der Waals surface area contributed by atoms with Crippen molar-refractivity contribution >= 4 is 28.7 Å². The van der Waals surface area contributed by atoms with E-state index < -0.39 is 29.9 Å². The normalized spacial score (nSPS) is 11.1. The highest BCUT2D eigenvalue weighted by molar-refractivity contribution is 6.32. The van der Waals surface area contributed by atoms with Gasteiger partial charge in [0, 0.05) is 12.1 Å². The van der Waals surface area contributed by atoms with E-state index in [1.54, 1.807) is 6.92 Å². The number of fused-ring (bicyclic) bond motifs is 1. The lowest BCUT2D eigenvalue weighted by Crippen LogP contribution is -2.16. The molecule has 0 atom stereocenters. The van der Waals surface area contributed by atoms with Crippen LogP contribution in [0.15, 0.2) is 29.1 Å². The summed E-state index contributed by atoms with van der Waals surface area (Å²) in [5, 5.41) is 9.27. The number of ether oxygens (including phenoxy) is 4. The number of aromatic amines is 1. The van der Waals surface area contributed by atoms with Crippen molar-refractivity contribution < 1.29 is 37.6 Å². The second kappa shape index (κ2) is 13.0. The molecule has 0 aliphatic carbocycles. The molecule has 2 N–H and O–H groups in total. The van der Waals surface area contributed by atoms with E-state index in [4.69, 9.17) is 30.5 Å². The number of aliphatic hydroxyl groups is 1. The lowest BCUT2D eigenvalue weighted by Gasteiger charge is -2.17. The Morgan fingerprint density at radius 2 is 1.88 bits per heavy atom. The Morgan fingerprint density at radius 3 is 2.59 bits per heavy atom. The van der Waals surface area contributed by atoms with Gasteiger partial charge < -0.3 is 29.0 Å². The molecule has 2 heterocycles. The van der Waals surface area contributed by atoms with Crippen molar-refractivity contribution in [2.75, 3.05) is 26.9 Å². The zero-order valence-electron chi connectivity index (χ0n) is 22.4. The van der Waals surface area contributed by atoms with E-state index in [0.29, 0.717) is 6.42 Å². The fourth-order valence-corrected chi connectivity index (χ4v) is 4.21. The minimum atomic E-state index is -1.16. The molecule has 2 aromatic carbocycles. The summed E-state index contributed by atoms with van der Waals surface area (Å²) in [6.45, 7) is 2.73. The summed E-state index contributed by atoms with van der Waals surface area (Å²) in [5.41, 5.74) is -0.867. The number of aliphatic hydroxyl groups excluding tert-OH is 1. The molecule has 0 aliphatic rings. The summed E-state index contributed by atoms with van der Waals surface area (Å²) in [4.78, 5) is 37.0. The quantitative estimate of drug-likeness (QED) is 0.182. The number of esters is 1. The van der Waals surface area contributed by atoms with Gasteiger partial charge in [0.2, 0.25) is 0 Å². The molecule has 2 aromatic heterocycles. The Kier molecular flexibility index (Phi) is 9.40. The molecule has 11 nitrogen and oxygen atoms in total. The van der Waals surface area contributed by atoms with Crippen LogP contribution in [0.5, 0.6) is 17.2 Å². The van der Waals surface area contributed by atoms with Crippen molar-refractivity contribution in [2.45, 2.75) is 33.3 Å². The first-order valence-electron chi connectivity index (χ1n) is 12.6. The highest BCUT2D eigenvalue weighted by Crippen LogP contribution is 2.37. The van der Waals surface area contributed by atoms with E-state index in [1.807, 2.05) is 6.92 Å². The van der Waals surface area contributed by atoms with Gasteiger partial charge in [0.05, 0.1) is 36.6 Å². The molecule has 0 spiro atoms. The molecule has 0 saturated heterocycles. The number of hydrogen-bond donors (Lipinski definition) is 2. The standard InChI is InChI=1S/C27H27ClF2N4O7/c1-4-5-9-40-26(36)24-23-25(32-14(2)31-24)34(27(37)33-23)18-12-21(20(11-16(18)28)39-10-8-35)41-13-15-19(38-3)7-6-17(29)22(15)30/h6-7,11-12,35H,4-5,8-10,13H2,1-3H3,(H,33,37). The fraction of sp³-hybridized carbons (Fsp3) is 0.333. The van der Waals surface area contributed by atoms with Gasteiger partial charge in [-0.1, -0.05) is 24.9 Å². The zero-order valence-corrected chi connectivity index (χ0v) is 23.2. The van der Waals surface area contributed by atoms with Crippen molar-refractivity contribution in [3.8, 4) is 22.9 Å². The lowest BCUT2D eigenvalue weighted by molar-refractivity contribution is 0.0494. The summed E-state index contributed by atoms with van der Waals surface area (Å²) >= 11 is 6.55. The van der Waals surface area contributed by atoms with Crippen LogP contribution in [-0.2, 0) is 11.3 Å². The Labute approximate surface area is 237 Å². The Bertz CT molecular complexity index is 1640. The second-order valence-electron chi connectivity index (χ2n) is 8.73. The molecule has 0 bridgehead atoms. The number of hydrogen-bond acceptors (Lipinski definition) is 9. The Morgan fingerprint density at radius 1 is 1.12 bits per heavy atom. The predicted octanol–water partition coefficient (Wildman–Crippen LogP) is 4.26. The number of nitrogens with one attached hydrogen (secondary N) is 1. The van der Waals surface area contributed by atoms with Gasteiger partial charge in [0.25, 0.3) is 0 Å². The molecule has 4 rings (SSSR count). The molecule has 0 aliphatic heterocycles. The molecule has 0 saturated carbocycles. The van der Waals surface area contributed by atoms with Crippen LogP contribution in [0.25, 0.3) is 16.9 Å². The summed E-state index contributed by atoms with van der Waals surface area (Å²) < 4.78 is 51.4. The van der Waals surface area contributed by atoms with Crippen LogP contribution in [-0.4, -0.2) is 57.5 Å². The van der Waals surface area contributed by atoms with Crippen LogP contribution in [0.1, 0.15) is 41.6 Å². The first-order chi connectivity index (χ1) is 19.7. The Hall–Kier alpha value is -4.23. The molecule has 0 radical (unpaired) electrons. The fourth-order valence-electron chi connectivity index (χ4n) is 3.97. The lowest BCUT2D eigenvalue weighted by atomic mass is 10.2. The minimum Gasteiger partial charge on any atom is -0.496 e. The topological polar surface area (TPSA) is 138 Å². The first-order valence-corrected chi connectivity index (χ1v) is 13.0. The first kappa shape index (κ1) is 29.7. The van der Waals surface area contributed by atoms with Crippen LogP contribution in [0.2, 0.25) is 5.02 Å². The van der Waals surface area contributed by atoms with Gasteiger partial charge in [-0.05, 0) is 25.5 Å². The third-order valence-corrected chi connectivity index (χ3v) is 6.22. The largest absolute Gasteiger partial charge is 0.496 e. The average Bonchev–Trinajstić information content (AvgIpc) is 3.27. The van der Waals surface area contributed by atoms with Crippen molar-refractivity contribution in [2.24, 2.45) is 0 Å². The average molecular weight is 593 g/mol. The van der Waals surface area contributed by atoms with E-state index >= 15 is 0 Å². The van der Waals surface area contributed by atoms with Gasteiger partial charge in [0.1, 0.15) is 30.3 Å². The van der Waals surface area contributed by atoms with E-state index in [-0.39, 0.29) is 76.0 Å². The van der Waals surface area contributed by atoms with Crippen LogP contribution in [0, 0.1) is 18.6 Å². The van der Waals surface area contributed by atoms with Crippen molar-refractivity contribution in [1.82, 2.24) is 19.5 Å². The SMILES string of the molecule is CCCCOC(=O)c1nc(C)nc2c1[nH]c(=O)n2-c1cc(OCc2c(OC)ccc(F)c2F)c(OCCO)cc1Cl. The van der Waals surface area contributed by atoms with Crippen LogP contribution in [0.4, 0.5) is 8.78 Å². The van der Waals surface area contributed by atoms with Crippen LogP contribution >= 0.6 is 11.6 Å². The maximum absolute atomic E-state index is 14.6. The zero-order chi connectivity index (χ0) is 29.7. The summed E-state index contributed by atoms with van der Waals surface area (Å²) in [7, 11) is 1.30. The molecule has 4 aromatic rings. The second-order valence-corrected chi connectivity index (χ2v) is 9.13. The number of imidazole rings is 1. The monoisotopic (exact) mass is 592 g/mol. The molecule has 41 heavy (non-hydrogen) atoms. The molecule has 0 amide bonds. The number of nitrogens with zero attached hydrogens (tertiary/aromatic N) is 3. The number of unbranched alkanes of at least 4 members (excludes halogenated alkanes) is 1. The number of methoxy groups -OCH3 is 1. The molecule has 0 fully saturated rings. The highest BCUT2D eigenvalue weighted by Gasteiger charge is 2.24. The summed E-state index contributed by atoms with van der Waals surface area (Å²) in [5.74, 6) is -2.70. The third-order valence-electron chi connectivity index (χ3n) is 5.92. The van der Waals surface area contributed by atoms with Gasteiger partial charge >= 0.3 is 11.7 Å². The number of carbonyl (C=O) groups is 1. The Balaban J connectivity index is 1.81. The molecule has 0 unspecified atom stereocenters. The molecule has 14 heteroatoms. The number of carbonyl (C=O) groups excluding carboxylic acids is 1. The number of aryl methyl sites for hydroxylation is 1. The van der Waals surface area contributed by atoms with Crippen molar-refractivity contribution in [3.05, 3.63) is 68.5 Å². The molecule has 218 valence electrons. The summed E-state index contributed by atoms with van der Waals surface area (Å²) in [6, 6.07) is 4.85. The maximum atomic E-state index is 14.6. The van der Waals surface area contributed by atoms with Crippen molar-refractivity contribution in [1.29, 1.82) is 0 Å².